The molecule has 1 aromatic heterocycles. The van der Waals surface area contributed by atoms with Crippen molar-refractivity contribution in [3.8, 4) is 11.8 Å². The van der Waals surface area contributed by atoms with Gasteiger partial charge in [-0.1, -0.05) is 12.1 Å². The fourth-order valence-electron chi connectivity index (χ4n) is 1.78. The second-order valence-corrected chi connectivity index (χ2v) is 4.38. The van der Waals surface area contributed by atoms with Crippen molar-refractivity contribution in [1.82, 2.24) is 10.2 Å². The fraction of sp³-hybridized carbons (Fsp3) is 0.200. The van der Waals surface area contributed by atoms with Crippen LogP contribution in [0.3, 0.4) is 0 Å². The van der Waals surface area contributed by atoms with Crippen LogP contribution in [-0.4, -0.2) is 22.7 Å². The quantitative estimate of drug-likeness (QED) is 0.929. The predicted molar refractivity (Wildman–Crippen MR) is 77.0 cm³/mol. The van der Waals surface area contributed by atoms with E-state index < -0.39 is 0 Å². The summed E-state index contributed by atoms with van der Waals surface area (Å²) in [6.07, 6.45) is 0. The summed E-state index contributed by atoms with van der Waals surface area (Å²) in [6.45, 7) is 3.41. The van der Waals surface area contributed by atoms with Crippen molar-refractivity contribution in [3.63, 3.8) is 0 Å². The summed E-state index contributed by atoms with van der Waals surface area (Å²) >= 11 is 0. The molecule has 6 heteroatoms. The molecule has 0 aliphatic rings. The van der Waals surface area contributed by atoms with Crippen LogP contribution in [0.15, 0.2) is 30.3 Å². The number of nitrogens with zero attached hydrogens (tertiary/aromatic N) is 3. The highest BCUT2D eigenvalue weighted by molar-refractivity contribution is 6.05. The second kappa shape index (κ2) is 6.48. The van der Waals surface area contributed by atoms with Crippen molar-refractivity contribution in [2.45, 2.75) is 13.8 Å². The lowest BCUT2D eigenvalue weighted by Crippen LogP contribution is -2.15. The van der Waals surface area contributed by atoms with Gasteiger partial charge in [0.05, 0.1) is 22.6 Å². The smallest absolute Gasteiger partial charge is 0.257 e. The predicted octanol–water partition coefficient (Wildman–Crippen LogP) is 2.25. The van der Waals surface area contributed by atoms with E-state index in [9.17, 15) is 4.79 Å². The average molecular weight is 282 g/mol. The Balaban J connectivity index is 2.24. The van der Waals surface area contributed by atoms with E-state index in [0.717, 1.165) is 0 Å². The SMILES string of the molecule is Cc1cc(C(=O)Nc2ccccc2OCC#N)c(C)nn1. The topological polar surface area (TPSA) is 87.9 Å². The number of benzene rings is 1. The molecule has 1 heterocycles. The molecule has 6 nitrogen and oxygen atoms in total. The highest BCUT2D eigenvalue weighted by atomic mass is 16.5. The van der Waals surface area contributed by atoms with Gasteiger partial charge in [-0.3, -0.25) is 4.79 Å². The van der Waals surface area contributed by atoms with Crippen LogP contribution < -0.4 is 10.1 Å². The fourth-order valence-corrected chi connectivity index (χ4v) is 1.78. The van der Waals surface area contributed by atoms with Gasteiger partial charge in [0.25, 0.3) is 5.91 Å². The third-order valence-electron chi connectivity index (χ3n) is 2.77. The molecule has 0 atom stereocenters. The zero-order chi connectivity index (χ0) is 15.2. The van der Waals surface area contributed by atoms with E-state index in [-0.39, 0.29) is 12.5 Å². The summed E-state index contributed by atoms with van der Waals surface area (Å²) in [7, 11) is 0. The van der Waals surface area contributed by atoms with Crippen molar-refractivity contribution in [1.29, 1.82) is 5.26 Å². The van der Waals surface area contributed by atoms with E-state index in [4.69, 9.17) is 10.00 Å². The summed E-state index contributed by atoms with van der Waals surface area (Å²) in [5, 5.41) is 19.2. The Morgan fingerprint density at radius 1 is 1.33 bits per heavy atom. The van der Waals surface area contributed by atoms with Gasteiger partial charge in [-0.15, -0.1) is 0 Å². The van der Waals surface area contributed by atoms with Crippen LogP contribution in [0.1, 0.15) is 21.7 Å². The van der Waals surface area contributed by atoms with Gasteiger partial charge >= 0.3 is 0 Å². The Hall–Kier alpha value is -2.94. The number of carbonyl (C=O) groups is 1. The van der Waals surface area contributed by atoms with Crippen LogP contribution in [-0.2, 0) is 0 Å². The minimum Gasteiger partial charge on any atom is -0.477 e. The normalized spacial score (nSPS) is 9.76. The van der Waals surface area contributed by atoms with Crippen LogP contribution >= 0.6 is 0 Å². The molecule has 0 aliphatic carbocycles. The summed E-state index contributed by atoms with van der Waals surface area (Å²) in [6, 6.07) is 10.5. The first-order valence-electron chi connectivity index (χ1n) is 6.33. The molecule has 21 heavy (non-hydrogen) atoms. The molecule has 2 aromatic rings. The molecular formula is C15H14N4O2. The molecule has 0 unspecified atom stereocenters. The number of nitriles is 1. The Morgan fingerprint density at radius 3 is 2.86 bits per heavy atom. The molecule has 0 fully saturated rings. The Kier molecular flexibility index (Phi) is 4.46. The highest BCUT2D eigenvalue weighted by Crippen LogP contribution is 2.24. The summed E-state index contributed by atoms with van der Waals surface area (Å²) in [5.41, 5.74) is 2.18. The molecule has 0 saturated carbocycles. The van der Waals surface area contributed by atoms with Crippen LogP contribution in [0.25, 0.3) is 0 Å². The first-order valence-corrected chi connectivity index (χ1v) is 6.33. The third kappa shape index (κ3) is 3.54. The first-order chi connectivity index (χ1) is 10.1. The van der Waals surface area contributed by atoms with E-state index >= 15 is 0 Å². The highest BCUT2D eigenvalue weighted by Gasteiger charge is 2.13. The average Bonchev–Trinajstić information content (AvgIpc) is 2.48. The number of para-hydroxylation sites is 2. The number of hydrogen-bond acceptors (Lipinski definition) is 5. The van der Waals surface area contributed by atoms with Gasteiger partial charge in [-0.05, 0) is 32.0 Å². The van der Waals surface area contributed by atoms with Gasteiger partial charge in [0.15, 0.2) is 6.61 Å². The van der Waals surface area contributed by atoms with E-state index in [1.807, 2.05) is 6.07 Å². The van der Waals surface area contributed by atoms with Gasteiger partial charge in [0.2, 0.25) is 0 Å². The van der Waals surface area contributed by atoms with Crippen LogP contribution in [0.2, 0.25) is 0 Å². The number of rotatable bonds is 4. The molecule has 0 spiro atoms. The molecule has 0 radical (unpaired) electrons. The Bertz CT molecular complexity index is 707. The maximum Gasteiger partial charge on any atom is 0.257 e. The minimum atomic E-state index is -0.293. The standard InChI is InChI=1S/C15H14N4O2/c1-10-9-12(11(2)19-18-10)15(20)17-13-5-3-4-6-14(13)21-8-7-16/h3-6,9H,8H2,1-2H3,(H,17,20). The number of hydrogen-bond donors (Lipinski definition) is 1. The molecule has 0 saturated heterocycles. The molecule has 1 amide bonds. The van der Waals surface area contributed by atoms with Gasteiger partial charge in [0, 0.05) is 0 Å². The molecule has 0 bridgehead atoms. The van der Waals surface area contributed by atoms with Crippen molar-refractivity contribution in [2.24, 2.45) is 0 Å². The first kappa shape index (κ1) is 14.5. The van der Waals surface area contributed by atoms with Gasteiger partial charge in [0.1, 0.15) is 11.8 Å². The number of aromatic nitrogens is 2. The number of anilines is 1. The lowest BCUT2D eigenvalue weighted by Gasteiger charge is -2.11. The summed E-state index contributed by atoms with van der Waals surface area (Å²) in [5.74, 6) is 0.155. The number of nitrogens with one attached hydrogen (secondary N) is 1. The summed E-state index contributed by atoms with van der Waals surface area (Å²) < 4.78 is 5.27. The Labute approximate surface area is 122 Å². The molecule has 106 valence electrons. The van der Waals surface area contributed by atoms with Gasteiger partial charge < -0.3 is 10.1 Å². The lowest BCUT2D eigenvalue weighted by atomic mass is 10.2. The molecule has 0 aliphatic heterocycles. The minimum absolute atomic E-state index is 0.0815. The van der Waals surface area contributed by atoms with E-state index in [0.29, 0.717) is 28.4 Å². The molecule has 1 N–H and O–H groups in total. The Morgan fingerprint density at radius 2 is 2.10 bits per heavy atom. The monoisotopic (exact) mass is 282 g/mol. The maximum absolute atomic E-state index is 12.3. The van der Waals surface area contributed by atoms with Crippen molar-refractivity contribution < 1.29 is 9.53 Å². The number of amides is 1. The number of carbonyl (C=O) groups excluding carboxylic acids is 1. The zero-order valence-corrected chi connectivity index (χ0v) is 11.8. The number of aryl methyl sites for hydroxylation is 2. The van der Waals surface area contributed by atoms with Gasteiger partial charge in [-0.2, -0.15) is 15.5 Å². The van der Waals surface area contributed by atoms with Crippen LogP contribution in [0.5, 0.6) is 5.75 Å². The third-order valence-corrected chi connectivity index (χ3v) is 2.77. The zero-order valence-electron chi connectivity index (χ0n) is 11.8. The largest absolute Gasteiger partial charge is 0.477 e. The van der Waals surface area contributed by atoms with Crippen LogP contribution in [0, 0.1) is 25.2 Å². The van der Waals surface area contributed by atoms with E-state index in [2.05, 4.69) is 15.5 Å². The number of ether oxygens (including phenoxy) is 1. The molecule has 2 rings (SSSR count). The molecule has 1 aromatic carbocycles. The van der Waals surface area contributed by atoms with Gasteiger partial charge in [-0.25, -0.2) is 0 Å². The molecular weight excluding hydrogens is 268 g/mol. The van der Waals surface area contributed by atoms with Crippen LogP contribution in [0.4, 0.5) is 5.69 Å². The maximum atomic E-state index is 12.3. The lowest BCUT2D eigenvalue weighted by molar-refractivity contribution is 0.102. The van der Waals surface area contributed by atoms with E-state index in [1.165, 1.54) is 0 Å². The van der Waals surface area contributed by atoms with Crippen molar-refractivity contribution in [3.05, 3.63) is 47.3 Å². The van der Waals surface area contributed by atoms with Crippen molar-refractivity contribution >= 4 is 11.6 Å². The summed E-state index contributed by atoms with van der Waals surface area (Å²) in [4.78, 5) is 12.3. The second-order valence-electron chi connectivity index (χ2n) is 4.38. The van der Waals surface area contributed by atoms with E-state index in [1.54, 1.807) is 44.2 Å². The van der Waals surface area contributed by atoms with Crippen molar-refractivity contribution in [2.75, 3.05) is 11.9 Å².